The van der Waals surface area contributed by atoms with Gasteiger partial charge < -0.3 is 4.74 Å². The van der Waals surface area contributed by atoms with Crippen LogP contribution in [0.15, 0.2) is 24.3 Å². The van der Waals surface area contributed by atoms with Crippen molar-refractivity contribution in [2.45, 2.75) is 52.4 Å². The predicted octanol–water partition coefficient (Wildman–Crippen LogP) is 4.02. The molecule has 0 radical (unpaired) electrons. The second kappa shape index (κ2) is 10.5. The summed E-state index contributed by atoms with van der Waals surface area (Å²) in [4.78, 5) is 11.0. The third-order valence-electron chi connectivity index (χ3n) is 2.22. The Labute approximate surface area is 99.4 Å². The van der Waals surface area contributed by atoms with Crippen molar-refractivity contribution < 1.29 is 9.53 Å². The fourth-order valence-corrected chi connectivity index (χ4v) is 1.23. The first-order valence-electron chi connectivity index (χ1n) is 6.16. The van der Waals surface area contributed by atoms with Crippen molar-refractivity contribution in [3.63, 3.8) is 0 Å². The van der Waals surface area contributed by atoms with Gasteiger partial charge in [-0.2, -0.15) is 0 Å². The molecule has 92 valence electrons. The largest absolute Gasteiger partial charge is 0.462 e. The minimum Gasteiger partial charge on any atom is -0.462 e. The minimum atomic E-state index is -0.275. The van der Waals surface area contributed by atoms with E-state index in [-0.39, 0.29) is 5.97 Å². The van der Waals surface area contributed by atoms with Gasteiger partial charge in [0.15, 0.2) is 0 Å². The molecule has 0 amide bonds. The molecule has 0 saturated heterocycles. The van der Waals surface area contributed by atoms with Crippen LogP contribution < -0.4 is 0 Å². The van der Waals surface area contributed by atoms with Crippen molar-refractivity contribution in [2.75, 3.05) is 6.61 Å². The van der Waals surface area contributed by atoms with Gasteiger partial charge in [0.1, 0.15) is 0 Å². The average Bonchev–Trinajstić information content (AvgIpc) is 2.26. The van der Waals surface area contributed by atoms with E-state index in [0.717, 1.165) is 19.3 Å². The molecule has 0 unspecified atom stereocenters. The van der Waals surface area contributed by atoms with Gasteiger partial charge in [0.05, 0.1) is 6.61 Å². The van der Waals surface area contributed by atoms with Crippen LogP contribution in [0.5, 0.6) is 0 Å². The lowest BCUT2D eigenvalue weighted by molar-refractivity contribution is -0.139. The number of hydrogen-bond donors (Lipinski definition) is 0. The van der Waals surface area contributed by atoms with E-state index in [1.807, 2.05) is 0 Å². The molecule has 0 fully saturated rings. The Kier molecular flexibility index (Phi) is 9.78. The molecule has 0 saturated carbocycles. The molecule has 16 heavy (non-hydrogen) atoms. The number of unbranched alkanes of at least 4 members (excludes halogenated alkanes) is 4. The van der Waals surface area contributed by atoms with Crippen LogP contribution in [0.2, 0.25) is 0 Å². The molecule has 0 atom stereocenters. The van der Waals surface area contributed by atoms with E-state index in [4.69, 9.17) is 4.74 Å². The molecule has 0 aromatic rings. The molecule has 0 aromatic heterocycles. The van der Waals surface area contributed by atoms with Gasteiger partial charge in [0, 0.05) is 5.57 Å². The van der Waals surface area contributed by atoms with E-state index >= 15 is 0 Å². The molecule has 0 aliphatic heterocycles. The molecule has 0 aromatic carbocycles. The molecule has 0 aliphatic carbocycles. The number of carbonyl (C=O) groups is 1. The fourth-order valence-electron chi connectivity index (χ4n) is 1.23. The Balaban J connectivity index is 3.22. The van der Waals surface area contributed by atoms with Crippen molar-refractivity contribution in [1.29, 1.82) is 0 Å². The topological polar surface area (TPSA) is 26.3 Å². The van der Waals surface area contributed by atoms with Crippen molar-refractivity contribution >= 4 is 5.97 Å². The van der Waals surface area contributed by atoms with Crippen molar-refractivity contribution in [3.8, 4) is 0 Å². The summed E-state index contributed by atoms with van der Waals surface area (Å²) >= 11 is 0. The number of rotatable bonds is 9. The van der Waals surface area contributed by atoms with Gasteiger partial charge in [-0.3, -0.25) is 0 Å². The molecule has 0 bridgehead atoms. The summed E-state index contributed by atoms with van der Waals surface area (Å²) in [6, 6.07) is 0. The van der Waals surface area contributed by atoms with Crippen LogP contribution in [0.25, 0.3) is 0 Å². The van der Waals surface area contributed by atoms with Gasteiger partial charge in [0.25, 0.3) is 0 Å². The molecule has 2 heteroatoms. The van der Waals surface area contributed by atoms with Gasteiger partial charge in [-0.15, -0.1) is 0 Å². The Morgan fingerprint density at radius 3 is 2.50 bits per heavy atom. The summed E-state index contributed by atoms with van der Waals surface area (Å²) in [5.41, 5.74) is 0.475. The number of esters is 1. The summed E-state index contributed by atoms with van der Waals surface area (Å²) in [5.74, 6) is -0.275. The van der Waals surface area contributed by atoms with Crippen LogP contribution in [0, 0.1) is 0 Å². The maximum Gasteiger partial charge on any atom is 0.333 e. The highest BCUT2D eigenvalue weighted by Gasteiger charge is 2.01. The van der Waals surface area contributed by atoms with Crippen LogP contribution >= 0.6 is 0 Å². The van der Waals surface area contributed by atoms with E-state index < -0.39 is 0 Å². The zero-order chi connectivity index (χ0) is 12.2. The monoisotopic (exact) mass is 224 g/mol. The van der Waals surface area contributed by atoms with E-state index in [2.05, 4.69) is 25.7 Å². The predicted molar refractivity (Wildman–Crippen MR) is 68.3 cm³/mol. The molecule has 0 spiro atoms. The molecule has 2 nitrogen and oxygen atoms in total. The quantitative estimate of drug-likeness (QED) is 0.256. The Morgan fingerprint density at radius 1 is 1.19 bits per heavy atom. The SMILES string of the molecule is C=C(C)C(=O)OCCCCC/C=C/CCC. The van der Waals surface area contributed by atoms with Gasteiger partial charge >= 0.3 is 5.97 Å². The molecular weight excluding hydrogens is 200 g/mol. The lowest BCUT2D eigenvalue weighted by Gasteiger charge is -2.03. The van der Waals surface area contributed by atoms with Crippen molar-refractivity contribution in [1.82, 2.24) is 0 Å². The first-order chi connectivity index (χ1) is 7.68. The molecular formula is C14H24O2. The Bertz CT molecular complexity index is 229. The molecule has 0 heterocycles. The van der Waals surface area contributed by atoms with Crippen LogP contribution in [0.3, 0.4) is 0 Å². The standard InChI is InChI=1S/C14H24O2/c1-4-5-6-7-8-9-10-11-12-16-14(15)13(2)3/h6-7H,2,4-5,8-12H2,1,3H3/b7-6+. The summed E-state index contributed by atoms with van der Waals surface area (Å²) in [6.45, 7) is 7.89. The average molecular weight is 224 g/mol. The van der Waals surface area contributed by atoms with Crippen LogP contribution in [-0.4, -0.2) is 12.6 Å². The minimum absolute atomic E-state index is 0.275. The number of ether oxygens (including phenoxy) is 1. The summed E-state index contributed by atoms with van der Waals surface area (Å²) < 4.78 is 4.99. The zero-order valence-electron chi connectivity index (χ0n) is 10.6. The molecule has 0 aliphatic rings. The highest BCUT2D eigenvalue weighted by atomic mass is 16.5. The zero-order valence-corrected chi connectivity index (χ0v) is 10.6. The summed E-state index contributed by atoms with van der Waals surface area (Å²) in [6.07, 6.45) is 11.2. The smallest absolute Gasteiger partial charge is 0.333 e. The van der Waals surface area contributed by atoms with Crippen molar-refractivity contribution in [3.05, 3.63) is 24.3 Å². The van der Waals surface area contributed by atoms with E-state index in [9.17, 15) is 4.79 Å². The second-order valence-electron chi connectivity index (χ2n) is 4.03. The normalized spacial score (nSPS) is 10.6. The van der Waals surface area contributed by atoms with E-state index in [1.54, 1.807) is 6.92 Å². The van der Waals surface area contributed by atoms with Crippen LogP contribution in [0.1, 0.15) is 52.4 Å². The van der Waals surface area contributed by atoms with Gasteiger partial charge in [-0.1, -0.05) is 32.1 Å². The fraction of sp³-hybridized carbons (Fsp3) is 0.643. The van der Waals surface area contributed by atoms with Gasteiger partial charge in [-0.05, 0) is 39.0 Å². The highest BCUT2D eigenvalue weighted by Crippen LogP contribution is 2.03. The maximum atomic E-state index is 11.0. The van der Waals surface area contributed by atoms with E-state index in [0.29, 0.717) is 12.2 Å². The molecule has 0 N–H and O–H groups in total. The first-order valence-corrected chi connectivity index (χ1v) is 6.16. The summed E-state index contributed by atoms with van der Waals surface area (Å²) in [7, 11) is 0. The van der Waals surface area contributed by atoms with Gasteiger partial charge in [0.2, 0.25) is 0 Å². The van der Waals surface area contributed by atoms with Crippen LogP contribution in [-0.2, 0) is 9.53 Å². The van der Waals surface area contributed by atoms with Gasteiger partial charge in [-0.25, -0.2) is 4.79 Å². The third-order valence-corrected chi connectivity index (χ3v) is 2.22. The van der Waals surface area contributed by atoms with Crippen molar-refractivity contribution in [2.24, 2.45) is 0 Å². The lowest BCUT2D eigenvalue weighted by atomic mass is 10.2. The second-order valence-corrected chi connectivity index (χ2v) is 4.03. The van der Waals surface area contributed by atoms with Crippen LogP contribution in [0.4, 0.5) is 0 Å². The van der Waals surface area contributed by atoms with E-state index in [1.165, 1.54) is 19.3 Å². The number of carbonyl (C=O) groups excluding carboxylic acids is 1. The Morgan fingerprint density at radius 2 is 1.88 bits per heavy atom. The number of allylic oxidation sites excluding steroid dienone is 2. The summed E-state index contributed by atoms with van der Waals surface area (Å²) in [5, 5.41) is 0. The molecule has 0 rings (SSSR count). The number of hydrogen-bond acceptors (Lipinski definition) is 2. The maximum absolute atomic E-state index is 11.0. The first kappa shape index (κ1) is 14.9. The Hall–Kier alpha value is -1.05. The third kappa shape index (κ3) is 9.50. The lowest BCUT2D eigenvalue weighted by Crippen LogP contribution is -2.05. The highest BCUT2D eigenvalue weighted by molar-refractivity contribution is 5.86.